The Hall–Kier alpha value is -3.90. The molecule has 1 aliphatic heterocycles. The van der Waals surface area contributed by atoms with Crippen LogP contribution in [0.2, 0.25) is 5.02 Å². The molecule has 2 N–H and O–H groups in total. The van der Waals surface area contributed by atoms with Gasteiger partial charge in [0.25, 0.3) is 5.91 Å². The Balaban J connectivity index is 1.43. The molecule has 6 nitrogen and oxygen atoms in total. The number of carbonyl (C=O) groups is 3. The van der Waals surface area contributed by atoms with Crippen molar-refractivity contribution >= 4 is 41.2 Å². The molecule has 1 aliphatic rings. The third-order valence-corrected chi connectivity index (χ3v) is 5.22. The van der Waals surface area contributed by atoms with E-state index in [9.17, 15) is 14.4 Å². The van der Waals surface area contributed by atoms with Gasteiger partial charge in [0, 0.05) is 10.7 Å². The van der Waals surface area contributed by atoms with Gasteiger partial charge in [-0.1, -0.05) is 60.1 Å². The summed E-state index contributed by atoms with van der Waals surface area (Å²) in [6.07, 6.45) is 1.59. The summed E-state index contributed by atoms with van der Waals surface area (Å²) in [5.74, 6) is -0.996. The van der Waals surface area contributed by atoms with Crippen LogP contribution in [0.1, 0.15) is 11.1 Å². The molecule has 1 heterocycles. The summed E-state index contributed by atoms with van der Waals surface area (Å²) in [6.45, 7) is 1.54. The molecule has 4 rings (SSSR count). The SMILES string of the molecule is Cc1cccc(NC(=O)CN2C(=O)N/C(=C\c3ccc(-c4ccc(Cl)cc4)cc3)C2=O)c1. The molecule has 32 heavy (non-hydrogen) atoms. The quantitative estimate of drug-likeness (QED) is 0.435. The number of anilines is 1. The largest absolute Gasteiger partial charge is 0.329 e. The van der Waals surface area contributed by atoms with E-state index >= 15 is 0 Å². The number of benzene rings is 3. The van der Waals surface area contributed by atoms with E-state index in [1.54, 1.807) is 12.1 Å². The first-order valence-electron chi connectivity index (χ1n) is 9.96. The van der Waals surface area contributed by atoms with E-state index in [2.05, 4.69) is 10.6 Å². The minimum Gasteiger partial charge on any atom is -0.325 e. The number of nitrogens with zero attached hydrogens (tertiary/aromatic N) is 1. The molecular weight excluding hydrogens is 426 g/mol. The van der Waals surface area contributed by atoms with E-state index in [1.165, 1.54) is 0 Å². The molecule has 0 atom stereocenters. The van der Waals surface area contributed by atoms with Crippen LogP contribution in [0.5, 0.6) is 0 Å². The monoisotopic (exact) mass is 445 g/mol. The summed E-state index contributed by atoms with van der Waals surface area (Å²) in [5.41, 5.74) is 4.49. The predicted octanol–water partition coefficient (Wildman–Crippen LogP) is 4.85. The summed E-state index contributed by atoms with van der Waals surface area (Å²) in [6, 6.07) is 21.7. The average Bonchev–Trinajstić information content (AvgIpc) is 3.02. The topological polar surface area (TPSA) is 78.5 Å². The van der Waals surface area contributed by atoms with Crippen LogP contribution in [0.25, 0.3) is 17.2 Å². The lowest BCUT2D eigenvalue weighted by molar-refractivity contribution is -0.127. The molecule has 1 fully saturated rings. The molecule has 4 amide bonds. The first-order valence-corrected chi connectivity index (χ1v) is 10.3. The standard InChI is InChI=1S/C25H20ClN3O3/c1-16-3-2-4-21(13-16)27-23(30)15-29-24(31)22(28-25(29)32)14-17-5-7-18(8-6-17)19-9-11-20(26)12-10-19/h2-14H,15H2,1H3,(H,27,30)(H,28,32)/b22-14-. The fourth-order valence-corrected chi connectivity index (χ4v) is 3.49. The fourth-order valence-electron chi connectivity index (χ4n) is 3.36. The average molecular weight is 446 g/mol. The first-order chi connectivity index (χ1) is 15.4. The van der Waals surface area contributed by atoms with Gasteiger partial charge in [-0.25, -0.2) is 9.69 Å². The van der Waals surface area contributed by atoms with Gasteiger partial charge in [-0.2, -0.15) is 0 Å². The Morgan fingerprint density at radius 1 is 1.00 bits per heavy atom. The number of imide groups is 1. The van der Waals surface area contributed by atoms with Crippen LogP contribution < -0.4 is 10.6 Å². The zero-order valence-corrected chi connectivity index (χ0v) is 18.0. The number of hydrogen-bond acceptors (Lipinski definition) is 3. The van der Waals surface area contributed by atoms with Crippen molar-refractivity contribution < 1.29 is 14.4 Å². The minimum absolute atomic E-state index is 0.123. The van der Waals surface area contributed by atoms with E-state index in [0.29, 0.717) is 10.7 Å². The lowest BCUT2D eigenvalue weighted by atomic mass is 10.0. The van der Waals surface area contributed by atoms with Gasteiger partial charge in [0.15, 0.2) is 0 Å². The van der Waals surface area contributed by atoms with Gasteiger partial charge in [-0.05, 0) is 59.5 Å². The number of hydrogen-bond donors (Lipinski definition) is 2. The molecule has 0 aromatic heterocycles. The van der Waals surface area contributed by atoms with Crippen LogP contribution in [-0.4, -0.2) is 29.3 Å². The molecule has 0 unspecified atom stereocenters. The normalized spacial score (nSPS) is 14.6. The van der Waals surface area contributed by atoms with Crippen molar-refractivity contribution in [1.82, 2.24) is 10.2 Å². The van der Waals surface area contributed by atoms with E-state index in [0.717, 1.165) is 27.2 Å². The third-order valence-electron chi connectivity index (χ3n) is 4.97. The van der Waals surface area contributed by atoms with Crippen LogP contribution in [0.3, 0.4) is 0 Å². The predicted molar refractivity (Wildman–Crippen MR) is 125 cm³/mol. The van der Waals surface area contributed by atoms with Crippen molar-refractivity contribution in [2.45, 2.75) is 6.92 Å². The van der Waals surface area contributed by atoms with Crippen LogP contribution in [-0.2, 0) is 9.59 Å². The van der Waals surface area contributed by atoms with Crippen molar-refractivity contribution in [3.8, 4) is 11.1 Å². The number of rotatable bonds is 5. The molecule has 160 valence electrons. The summed E-state index contributed by atoms with van der Waals surface area (Å²) in [5, 5.41) is 5.91. The number of carbonyl (C=O) groups excluding carboxylic acids is 3. The van der Waals surface area contributed by atoms with Crippen LogP contribution in [0.4, 0.5) is 10.5 Å². The van der Waals surface area contributed by atoms with Crippen molar-refractivity contribution in [3.05, 3.63) is 94.6 Å². The van der Waals surface area contributed by atoms with Crippen molar-refractivity contribution in [3.63, 3.8) is 0 Å². The summed E-state index contributed by atoms with van der Waals surface area (Å²) in [7, 11) is 0. The highest BCUT2D eigenvalue weighted by atomic mass is 35.5. The molecule has 7 heteroatoms. The number of amides is 4. The maximum atomic E-state index is 12.7. The molecular formula is C25H20ClN3O3. The molecule has 3 aromatic carbocycles. The zero-order chi connectivity index (χ0) is 22.7. The fraction of sp³-hybridized carbons (Fsp3) is 0.0800. The van der Waals surface area contributed by atoms with Crippen LogP contribution in [0, 0.1) is 6.92 Å². The van der Waals surface area contributed by atoms with E-state index in [1.807, 2.05) is 73.7 Å². The zero-order valence-electron chi connectivity index (χ0n) is 17.3. The van der Waals surface area contributed by atoms with E-state index < -0.39 is 17.8 Å². The first kappa shape index (κ1) is 21.3. The summed E-state index contributed by atoms with van der Waals surface area (Å²) >= 11 is 5.93. The minimum atomic E-state index is -0.626. The maximum Gasteiger partial charge on any atom is 0.329 e. The Morgan fingerprint density at radius 2 is 1.66 bits per heavy atom. The lowest BCUT2D eigenvalue weighted by Crippen LogP contribution is -2.38. The Kier molecular flexibility index (Phi) is 6.05. The van der Waals surface area contributed by atoms with Crippen LogP contribution >= 0.6 is 11.6 Å². The van der Waals surface area contributed by atoms with Crippen molar-refractivity contribution in [2.24, 2.45) is 0 Å². The third kappa shape index (κ3) is 4.87. The number of halogens is 1. The number of urea groups is 1. The van der Waals surface area contributed by atoms with Gasteiger partial charge in [0.2, 0.25) is 5.91 Å². The van der Waals surface area contributed by atoms with Gasteiger partial charge >= 0.3 is 6.03 Å². The van der Waals surface area contributed by atoms with E-state index in [4.69, 9.17) is 11.6 Å². The Morgan fingerprint density at radius 3 is 2.31 bits per heavy atom. The van der Waals surface area contributed by atoms with Gasteiger partial charge in [0.1, 0.15) is 12.2 Å². The highest BCUT2D eigenvalue weighted by Crippen LogP contribution is 2.23. The molecule has 1 saturated heterocycles. The van der Waals surface area contributed by atoms with E-state index in [-0.39, 0.29) is 12.2 Å². The lowest BCUT2D eigenvalue weighted by Gasteiger charge is -2.12. The van der Waals surface area contributed by atoms with Gasteiger partial charge in [0.05, 0.1) is 0 Å². The molecule has 0 spiro atoms. The summed E-state index contributed by atoms with van der Waals surface area (Å²) in [4.78, 5) is 38.1. The van der Waals surface area contributed by atoms with Gasteiger partial charge < -0.3 is 10.6 Å². The van der Waals surface area contributed by atoms with Crippen molar-refractivity contribution in [1.29, 1.82) is 0 Å². The smallest absolute Gasteiger partial charge is 0.325 e. The maximum absolute atomic E-state index is 12.7. The van der Waals surface area contributed by atoms with Crippen LogP contribution in [0.15, 0.2) is 78.5 Å². The molecule has 0 saturated carbocycles. The second kappa shape index (κ2) is 9.08. The highest BCUT2D eigenvalue weighted by molar-refractivity contribution is 6.30. The second-order valence-electron chi connectivity index (χ2n) is 7.43. The Labute approximate surface area is 190 Å². The molecule has 0 radical (unpaired) electrons. The number of aryl methyl sites for hydroxylation is 1. The molecule has 0 aliphatic carbocycles. The second-order valence-corrected chi connectivity index (χ2v) is 7.86. The Bertz CT molecular complexity index is 1220. The van der Waals surface area contributed by atoms with Crippen molar-refractivity contribution in [2.75, 3.05) is 11.9 Å². The highest BCUT2D eigenvalue weighted by Gasteiger charge is 2.34. The number of nitrogens with one attached hydrogen (secondary N) is 2. The van der Waals surface area contributed by atoms with Gasteiger partial charge in [-0.3, -0.25) is 9.59 Å². The summed E-state index contributed by atoms with van der Waals surface area (Å²) < 4.78 is 0. The van der Waals surface area contributed by atoms with Gasteiger partial charge in [-0.15, -0.1) is 0 Å². The molecule has 0 bridgehead atoms. The molecule has 3 aromatic rings.